The first-order valence-corrected chi connectivity index (χ1v) is 6.85. The van der Waals surface area contributed by atoms with E-state index in [9.17, 15) is 9.59 Å². The Hall–Kier alpha value is -1.93. The number of piperidine rings is 1. The number of carboxylic acids is 1. The maximum absolute atomic E-state index is 12.5. The average molecular weight is 295 g/mol. The first kappa shape index (κ1) is 14.0. The molecule has 2 fully saturated rings. The van der Waals surface area contributed by atoms with Crippen molar-refractivity contribution >= 4 is 11.9 Å². The largest absolute Gasteiger partial charge is 0.478 e. The number of aryl methyl sites for hydroxylation is 1. The molecule has 8 heteroatoms. The topological polar surface area (TPSA) is 93.9 Å². The number of carbonyl (C=O) groups is 2. The van der Waals surface area contributed by atoms with Crippen molar-refractivity contribution in [1.82, 2.24) is 14.7 Å². The molecule has 0 aromatic carbocycles. The minimum Gasteiger partial charge on any atom is -0.478 e. The molecule has 3 rings (SSSR count). The Kier molecular flexibility index (Phi) is 3.42. The van der Waals surface area contributed by atoms with E-state index in [2.05, 4.69) is 5.10 Å². The third kappa shape index (κ3) is 2.40. The van der Waals surface area contributed by atoms with Gasteiger partial charge in [-0.05, 0) is 0 Å². The molecule has 114 valence electrons. The molecule has 1 N–H and O–H groups in total. The predicted octanol–water partition coefficient (Wildman–Crippen LogP) is 0.0974. The van der Waals surface area contributed by atoms with Crippen LogP contribution in [-0.4, -0.2) is 63.8 Å². The van der Waals surface area contributed by atoms with Gasteiger partial charge in [-0.25, -0.2) is 4.79 Å². The summed E-state index contributed by atoms with van der Waals surface area (Å²) in [7, 11) is 1.56. The Morgan fingerprint density at radius 2 is 1.90 bits per heavy atom. The summed E-state index contributed by atoms with van der Waals surface area (Å²) in [6.07, 6.45) is 2.39. The van der Waals surface area contributed by atoms with E-state index in [-0.39, 0.29) is 17.2 Å². The van der Waals surface area contributed by atoms with Crippen molar-refractivity contribution in [2.24, 2.45) is 7.05 Å². The van der Waals surface area contributed by atoms with E-state index in [1.54, 1.807) is 11.9 Å². The summed E-state index contributed by atoms with van der Waals surface area (Å²) in [4.78, 5) is 25.3. The standard InChI is InChI=1S/C13H17N3O5/c1-15-10(9(8-14-15)12(18)19)11(17)16-4-2-13(3-5-16)20-6-7-21-13/h8H,2-7H2,1H3,(H,18,19). The molecule has 2 saturated heterocycles. The number of likely N-dealkylation sites (tertiary alicyclic amines) is 1. The van der Waals surface area contributed by atoms with E-state index in [1.165, 1.54) is 10.9 Å². The summed E-state index contributed by atoms with van der Waals surface area (Å²) < 4.78 is 12.5. The molecule has 2 aliphatic rings. The third-order valence-electron chi connectivity index (χ3n) is 4.00. The molecule has 0 bridgehead atoms. The zero-order chi connectivity index (χ0) is 15.0. The van der Waals surface area contributed by atoms with E-state index < -0.39 is 11.8 Å². The van der Waals surface area contributed by atoms with Gasteiger partial charge in [0.25, 0.3) is 5.91 Å². The van der Waals surface area contributed by atoms with Crippen LogP contribution in [0.25, 0.3) is 0 Å². The summed E-state index contributed by atoms with van der Waals surface area (Å²) in [5.74, 6) is -2.03. The maximum Gasteiger partial charge on any atom is 0.339 e. The Morgan fingerprint density at radius 1 is 1.29 bits per heavy atom. The van der Waals surface area contributed by atoms with E-state index in [4.69, 9.17) is 14.6 Å². The quantitative estimate of drug-likeness (QED) is 0.831. The van der Waals surface area contributed by atoms with E-state index in [0.717, 1.165) is 0 Å². The molecular formula is C13H17N3O5. The van der Waals surface area contributed by atoms with Gasteiger partial charge in [-0.15, -0.1) is 0 Å². The fraction of sp³-hybridized carbons (Fsp3) is 0.615. The van der Waals surface area contributed by atoms with Gasteiger partial charge in [0, 0.05) is 33.0 Å². The summed E-state index contributed by atoms with van der Waals surface area (Å²) in [5, 5.41) is 13.0. The minimum atomic E-state index is -1.15. The molecule has 21 heavy (non-hydrogen) atoms. The zero-order valence-electron chi connectivity index (χ0n) is 11.7. The molecule has 2 aliphatic heterocycles. The second kappa shape index (κ2) is 5.12. The van der Waals surface area contributed by atoms with Crippen molar-refractivity contribution in [1.29, 1.82) is 0 Å². The van der Waals surface area contributed by atoms with Crippen LogP contribution in [-0.2, 0) is 16.5 Å². The van der Waals surface area contributed by atoms with Gasteiger partial charge < -0.3 is 19.5 Å². The van der Waals surface area contributed by atoms with Crippen molar-refractivity contribution in [3.63, 3.8) is 0 Å². The van der Waals surface area contributed by atoms with Crippen LogP contribution in [0, 0.1) is 0 Å². The van der Waals surface area contributed by atoms with Gasteiger partial charge in [-0.2, -0.15) is 5.10 Å². The van der Waals surface area contributed by atoms with Gasteiger partial charge in [0.15, 0.2) is 5.79 Å². The number of nitrogens with zero attached hydrogens (tertiary/aromatic N) is 3. The second-order valence-electron chi connectivity index (χ2n) is 5.24. The molecule has 1 aromatic heterocycles. The molecule has 1 aromatic rings. The van der Waals surface area contributed by atoms with Crippen molar-refractivity contribution in [3.05, 3.63) is 17.5 Å². The number of carbonyl (C=O) groups excluding carboxylic acids is 1. The highest BCUT2D eigenvalue weighted by atomic mass is 16.7. The molecule has 0 unspecified atom stereocenters. The Bertz CT molecular complexity index is 566. The number of aromatic carboxylic acids is 1. The van der Waals surface area contributed by atoms with Crippen molar-refractivity contribution < 1.29 is 24.2 Å². The van der Waals surface area contributed by atoms with Crippen LogP contribution in [0.3, 0.4) is 0 Å². The Morgan fingerprint density at radius 3 is 2.48 bits per heavy atom. The van der Waals surface area contributed by atoms with Gasteiger partial charge in [0.1, 0.15) is 11.3 Å². The number of rotatable bonds is 2. The van der Waals surface area contributed by atoms with E-state index in [1.807, 2.05) is 0 Å². The highest BCUT2D eigenvalue weighted by molar-refractivity contribution is 6.03. The lowest BCUT2D eigenvalue weighted by atomic mass is 10.0. The van der Waals surface area contributed by atoms with Crippen LogP contribution in [0.15, 0.2) is 6.20 Å². The highest BCUT2D eigenvalue weighted by Gasteiger charge is 2.41. The monoisotopic (exact) mass is 295 g/mol. The van der Waals surface area contributed by atoms with Crippen LogP contribution >= 0.6 is 0 Å². The average Bonchev–Trinajstić information content (AvgIpc) is 3.06. The maximum atomic E-state index is 12.5. The number of hydrogen-bond acceptors (Lipinski definition) is 5. The third-order valence-corrected chi connectivity index (χ3v) is 4.00. The van der Waals surface area contributed by atoms with Crippen LogP contribution in [0.1, 0.15) is 33.7 Å². The lowest BCUT2D eigenvalue weighted by molar-refractivity contribution is -0.181. The SMILES string of the molecule is Cn1ncc(C(=O)O)c1C(=O)N1CCC2(CC1)OCCO2. The number of ether oxygens (including phenoxy) is 2. The molecule has 0 aliphatic carbocycles. The van der Waals surface area contributed by atoms with E-state index >= 15 is 0 Å². The summed E-state index contributed by atoms with van der Waals surface area (Å²) in [5.41, 5.74) is 0.0304. The molecular weight excluding hydrogens is 278 g/mol. The number of hydrogen-bond donors (Lipinski definition) is 1. The van der Waals surface area contributed by atoms with Crippen LogP contribution in [0.2, 0.25) is 0 Å². The molecule has 1 amide bonds. The van der Waals surface area contributed by atoms with Gasteiger partial charge in [0.05, 0.1) is 19.4 Å². The van der Waals surface area contributed by atoms with Crippen LogP contribution < -0.4 is 0 Å². The zero-order valence-corrected chi connectivity index (χ0v) is 11.7. The highest BCUT2D eigenvalue weighted by Crippen LogP contribution is 2.31. The van der Waals surface area contributed by atoms with Gasteiger partial charge in [-0.3, -0.25) is 9.48 Å². The second-order valence-corrected chi connectivity index (χ2v) is 5.24. The fourth-order valence-corrected chi connectivity index (χ4v) is 2.83. The number of aromatic nitrogens is 2. The Balaban J connectivity index is 1.75. The predicted molar refractivity (Wildman–Crippen MR) is 69.9 cm³/mol. The van der Waals surface area contributed by atoms with Crippen molar-refractivity contribution in [3.8, 4) is 0 Å². The minimum absolute atomic E-state index is 0.0730. The molecule has 1 spiro atoms. The van der Waals surface area contributed by atoms with Crippen LogP contribution in [0.4, 0.5) is 0 Å². The summed E-state index contributed by atoms with van der Waals surface area (Å²) >= 11 is 0. The smallest absolute Gasteiger partial charge is 0.339 e. The number of carboxylic acid groups (broad SMARTS) is 1. The first-order chi connectivity index (χ1) is 10.0. The van der Waals surface area contributed by atoms with Crippen molar-refractivity contribution in [2.45, 2.75) is 18.6 Å². The molecule has 0 radical (unpaired) electrons. The molecule has 8 nitrogen and oxygen atoms in total. The van der Waals surface area contributed by atoms with Gasteiger partial charge in [-0.1, -0.05) is 0 Å². The summed E-state index contributed by atoms with van der Waals surface area (Å²) in [6, 6.07) is 0. The van der Waals surface area contributed by atoms with Gasteiger partial charge in [0.2, 0.25) is 0 Å². The molecule has 0 atom stereocenters. The molecule has 3 heterocycles. The van der Waals surface area contributed by atoms with Crippen LogP contribution in [0.5, 0.6) is 0 Å². The fourth-order valence-electron chi connectivity index (χ4n) is 2.83. The normalized spacial score (nSPS) is 20.9. The lowest BCUT2D eigenvalue weighted by Gasteiger charge is -2.37. The van der Waals surface area contributed by atoms with Crippen molar-refractivity contribution in [2.75, 3.05) is 26.3 Å². The van der Waals surface area contributed by atoms with Gasteiger partial charge >= 0.3 is 5.97 Å². The van der Waals surface area contributed by atoms with E-state index in [0.29, 0.717) is 39.1 Å². The lowest BCUT2D eigenvalue weighted by Crippen LogP contribution is -2.47. The Labute approximate surface area is 121 Å². The number of amides is 1. The molecule has 0 saturated carbocycles. The first-order valence-electron chi connectivity index (χ1n) is 6.85. The summed E-state index contributed by atoms with van der Waals surface area (Å²) in [6.45, 7) is 2.11.